The molecule has 18 heavy (non-hydrogen) atoms. The van der Waals surface area contributed by atoms with Gasteiger partial charge in [-0.05, 0) is 22.8 Å². The van der Waals surface area contributed by atoms with Gasteiger partial charge in [0.25, 0.3) is 0 Å². The molecule has 0 N–H and O–H groups in total. The number of rotatable bonds is 3. The average molecular weight is 231 g/mol. The van der Waals surface area contributed by atoms with Gasteiger partial charge >= 0.3 is 0 Å². The Kier molecular flexibility index (Phi) is 3.73. The molecular weight excluding hydrogens is 218 g/mol. The zero-order valence-electron chi connectivity index (χ0n) is 10.0. The van der Waals surface area contributed by atoms with Crippen molar-refractivity contribution in [3.05, 3.63) is 77.4 Å². The third-order valence-electron chi connectivity index (χ3n) is 2.71. The molecule has 2 aromatic rings. The molecule has 0 aliphatic rings. The molecule has 0 unspecified atom stereocenters. The molecule has 0 aromatic heterocycles. The van der Waals surface area contributed by atoms with Gasteiger partial charge in [0.1, 0.15) is 0 Å². The lowest BCUT2D eigenvalue weighted by Crippen LogP contribution is -1.80. The van der Waals surface area contributed by atoms with Crippen LogP contribution in [0.3, 0.4) is 0 Å². The third-order valence-corrected chi connectivity index (χ3v) is 2.71. The molecule has 86 valence electrons. The monoisotopic (exact) mass is 231 g/mol. The molecule has 0 saturated carbocycles. The maximum atomic E-state index is 8.99. The molecule has 0 aliphatic carbocycles. The van der Waals surface area contributed by atoms with E-state index in [9.17, 15) is 0 Å². The van der Waals surface area contributed by atoms with E-state index in [1.807, 2.05) is 66.8 Å². The fraction of sp³-hybridized carbons (Fsp3) is 0. The first-order valence-electron chi connectivity index (χ1n) is 5.73. The summed E-state index contributed by atoms with van der Waals surface area (Å²) < 4.78 is 0. The van der Waals surface area contributed by atoms with Gasteiger partial charge in [-0.15, -0.1) is 0 Å². The molecule has 1 nitrogen and oxygen atoms in total. The summed E-state index contributed by atoms with van der Waals surface area (Å²) in [6, 6.07) is 17.8. The highest BCUT2D eigenvalue weighted by Gasteiger charge is 1.95. The van der Waals surface area contributed by atoms with Gasteiger partial charge in [-0.1, -0.05) is 67.3 Å². The summed E-state index contributed by atoms with van der Waals surface area (Å²) in [6.45, 7) is 3.72. The Morgan fingerprint density at radius 1 is 0.889 bits per heavy atom. The van der Waals surface area contributed by atoms with Crippen molar-refractivity contribution in [1.29, 1.82) is 5.26 Å². The van der Waals surface area contributed by atoms with Gasteiger partial charge in [0, 0.05) is 0 Å². The van der Waals surface area contributed by atoms with Crippen LogP contribution in [-0.4, -0.2) is 0 Å². The van der Waals surface area contributed by atoms with Crippen molar-refractivity contribution in [3.8, 4) is 6.07 Å². The molecular formula is C17H13N. The summed E-state index contributed by atoms with van der Waals surface area (Å²) in [5.74, 6) is 0. The van der Waals surface area contributed by atoms with Gasteiger partial charge in [-0.3, -0.25) is 0 Å². The van der Waals surface area contributed by atoms with Crippen molar-refractivity contribution in [2.75, 3.05) is 0 Å². The lowest BCUT2D eigenvalue weighted by molar-refractivity contribution is 1.47. The second-order valence-corrected chi connectivity index (χ2v) is 3.90. The molecule has 0 fully saturated rings. The van der Waals surface area contributed by atoms with Crippen LogP contribution < -0.4 is 0 Å². The average Bonchev–Trinajstić information content (AvgIpc) is 2.46. The van der Waals surface area contributed by atoms with Gasteiger partial charge in [-0.2, -0.15) is 5.26 Å². The van der Waals surface area contributed by atoms with Gasteiger partial charge in [0.05, 0.1) is 11.6 Å². The van der Waals surface area contributed by atoms with Crippen molar-refractivity contribution in [2.45, 2.75) is 0 Å². The first kappa shape index (κ1) is 11.9. The van der Waals surface area contributed by atoms with Crippen molar-refractivity contribution >= 4 is 18.2 Å². The van der Waals surface area contributed by atoms with Crippen LogP contribution in [-0.2, 0) is 0 Å². The van der Waals surface area contributed by atoms with Crippen LogP contribution in [0.4, 0.5) is 0 Å². The predicted molar refractivity (Wildman–Crippen MR) is 76.6 cm³/mol. The molecule has 0 aliphatic heterocycles. The topological polar surface area (TPSA) is 23.8 Å². The Hall–Kier alpha value is -2.59. The summed E-state index contributed by atoms with van der Waals surface area (Å²) in [6.07, 6.45) is 5.78. The van der Waals surface area contributed by atoms with E-state index in [-0.39, 0.29) is 0 Å². The number of benzene rings is 2. The molecule has 0 radical (unpaired) electrons. The zero-order valence-corrected chi connectivity index (χ0v) is 10.0. The number of nitriles is 1. The summed E-state index contributed by atoms with van der Waals surface area (Å²) >= 11 is 0. The van der Waals surface area contributed by atoms with E-state index in [1.54, 1.807) is 0 Å². The number of hydrogen-bond acceptors (Lipinski definition) is 1. The summed E-state index contributed by atoms with van der Waals surface area (Å²) in [5.41, 5.74) is 3.84. The Bertz CT molecular complexity index is 613. The highest BCUT2D eigenvalue weighted by atomic mass is 14.2. The smallest absolute Gasteiger partial charge is 0.0997 e. The van der Waals surface area contributed by atoms with E-state index < -0.39 is 0 Å². The van der Waals surface area contributed by atoms with Crippen molar-refractivity contribution in [3.63, 3.8) is 0 Å². The first-order valence-corrected chi connectivity index (χ1v) is 5.73. The first-order chi connectivity index (χ1) is 8.83. The van der Waals surface area contributed by atoms with Gasteiger partial charge in [0.15, 0.2) is 0 Å². The Morgan fingerprint density at radius 2 is 1.56 bits per heavy atom. The second kappa shape index (κ2) is 5.65. The van der Waals surface area contributed by atoms with Crippen LogP contribution in [0.15, 0.2) is 55.1 Å². The second-order valence-electron chi connectivity index (χ2n) is 3.90. The molecule has 0 bridgehead atoms. The summed E-state index contributed by atoms with van der Waals surface area (Å²) in [4.78, 5) is 0. The minimum atomic E-state index is 0.691. The van der Waals surface area contributed by atoms with Gasteiger partial charge in [0.2, 0.25) is 0 Å². The van der Waals surface area contributed by atoms with Gasteiger partial charge < -0.3 is 0 Å². The fourth-order valence-corrected chi connectivity index (χ4v) is 1.67. The zero-order chi connectivity index (χ0) is 12.8. The maximum Gasteiger partial charge on any atom is 0.0997 e. The summed E-state index contributed by atoms with van der Waals surface area (Å²) in [5, 5.41) is 8.99. The SMILES string of the molecule is C=Cc1ccc(C=Cc2ccccc2C#N)cc1. The summed E-state index contributed by atoms with van der Waals surface area (Å²) in [7, 11) is 0. The third kappa shape index (κ3) is 2.75. The fourth-order valence-electron chi connectivity index (χ4n) is 1.67. The van der Waals surface area contributed by atoms with Crippen LogP contribution in [0.2, 0.25) is 0 Å². The van der Waals surface area contributed by atoms with Crippen molar-refractivity contribution in [1.82, 2.24) is 0 Å². The normalized spacial score (nSPS) is 10.2. The molecule has 1 heteroatoms. The lowest BCUT2D eigenvalue weighted by atomic mass is 10.1. The van der Waals surface area contributed by atoms with E-state index in [4.69, 9.17) is 5.26 Å². The maximum absolute atomic E-state index is 8.99. The highest BCUT2D eigenvalue weighted by molar-refractivity contribution is 5.72. The minimum absolute atomic E-state index is 0.691. The van der Waals surface area contributed by atoms with E-state index in [1.165, 1.54) is 0 Å². The van der Waals surface area contributed by atoms with E-state index in [0.29, 0.717) is 5.56 Å². The Labute approximate surface area is 107 Å². The van der Waals surface area contributed by atoms with Crippen LogP contribution in [0, 0.1) is 11.3 Å². The van der Waals surface area contributed by atoms with Crippen molar-refractivity contribution < 1.29 is 0 Å². The van der Waals surface area contributed by atoms with Crippen LogP contribution in [0.1, 0.15) is 22.3 Å². The standard InChI is InChI=1S/C17H13N/c1-2-14-7-9-15(10-8-14)11-12-16-5-3-4-6-17(16)13-18/h2-12H,1H2. The van der Waals surface area contributed by atoms with Crippen LogP contribution >= 0.6 is 0 Å². The van der Waals surface area contributed by atoms with E-state index in [0.717, 1.165) is 16.7 Å². The van der Waals surface area contributed by atoms with E-state index >= 15 is 0 Å². The van der Waals surface area contributed by atoms with Gasteiger partial charge in [-0.25, -0.2) is 0 Å². The molecule has 0 heterocycles. The Balaban J connectivity index is 2.24. The Morgan fingerprint density at radius 3 is 2.22 bits per heavy atom. The van der Waals surface area contributed by atoms with E-state index in [2.05, 4.69) is 12.6 Å². The molecule has 0 saturated heterocycles. The van der Waals surface area contributed by atoms with Crippen LogP contribution in [0.25, 0.3) is 18.2 Å². The lowest BCUT2D eigenvalue weighted by Gasteiger charge is -1.98. The largest absolute Gasteiger partial charge is 0.192 e. The molecule has 2 aromatic carbocycles. The predicted octanol–water partition coefficient (Wildman–Crippen LogP) is 4.37. The molecule has 0 atom stereocenters. The number of nitrogens with zero attached hydrogens (tertiary/aromatic N) is 1. The highest BCUT2D eigenvalue weighted by Crippen LogP contribution is 2.13. The molecule has 2 rings (SSSR count). The molecule has 0 spiro atoms. The number of hydrogen-bond donors (Lipinski definition) is 0. The molecule has 0 amide bonds. The quantitative estimate of drug-likeness (QED) is 0.719. The minimum Gasteiger partial charge on any atom is -0.192 e. The van der Waals surface area contributed by atoms with Crippen molar-refractivity contribution in [2.24, 2.45) is 0 Å². The van der Waals surface area contributed by atoms with Crippen LogP contribution in [0.5, 0.6) is 0 Å².